The molecule has 0 aliphatic carbocycles. The van der Waals surface area contributed by atoms with Crippen LogP contribution in [0.15, 0.2) is 42.5 Å². The van der Waals surface area contributed by atoms with Gasteiger partial charge in [-0.3, -0.25) is 4.90 Å². The topological polar surface area (TPSA) is 53.6 Å². The predicted octanol–water partition coefficient (Wildman–Crippen LogP) is 4.30. The largest absolute Gasteiger partial charge is 0.495 e. The van der Waals surface area contributed by atoms with Crippen LogP contribution < -0.4 is 15.4 Å². The van der Waals surface area contributed by atoms with Crippen molar-refractivity contribution < 1.29 is 9.53 Å². The number of methoxy groups -OCH3 is 1. The molecule has 0 bridgehead atoms. The van der Waals surface area contributed by atoms with Gasteiger partial charge >= 0.3 is 6.03 Å². The zero-order chi connectivity index (χ0) is 19.2. The Labute approximate surface area is 165 Å². The number of anilines is 1. The monoisotopic (exact) mass is 387 g/mol. The molecule has 2 amide bonds. The minimum atomic E-state index is -0.243. The Morgan fingerprint density at radius 1 is 1.26 bits per heavy atom. The van der Waals surface area contributed by atoms with Gasteiger partial charge in [-0.1, -0.05) is 41.4 Å². The van der Waals surface area contributed by atoms with Crippen LogP contribution in [0.2, 0.25) is 5.02 Å². The number of carbonyl (C=O) groups excluding carboxylic acids is 1. The van der Waals surface area contributed by atoms with Crippen molar-refractivity contribution in [2.45, 2.75) is 19.9 Å². The number of benzene rings is 2. The first kappa shape index (κ1) is 19.5. The van der Waals surface area contributed by atoms with Crippen LogP contribution >= 0.6 is 11.6 Å². The molecule has 0 saturated carbocycles. The van der Waals surface area contributed by atoms with Crippen molar-refractivity contribution in [1.29, 1.82) is 0 Å². The number of urea groups is 1. The van der Waals surface area contributed by atoms with Crippen LogP contribution in [0, 0.1) is 12.8 Å². The van der Waals surface area contributed by atoms with Crippen molar-refractivity contribution in [3.8, 4) is 5.75 Å². The molecule has 2 N–H and O–H groups in total. The van der Waals surface area contributed by atoms with E-state index in [0.29, 0.717) is 28.9 Å². The molecule has 0 spiro atoms. The van der Waals surface area contributed by atoms with E-state index in [9.17, 15) is 4.79 Å². The van der Waals surface area contributed by atoms with E-state index in [1.54, 1.807) is 25.3 Å². The maximum atomic E-state index is 12.2. The second-order valence-electron chi connectivity index (χ2n) is 7.06. The van der Waals surface area contributed by atoms with Crippen LogP contribution in [-0.4, -0.2) is 37.7 Å². The number of nitrogens with zero attached hydrogens (tertiary/aromatic N) is 1. The molecule has 144 valence electrons. The summed E-state index contributed by atoms with van der Waals surface area (Å²) in [6, 6.07) is 13.6. The lowest BCUT2D eigenvalue weighted by Gasteiger charge is -2.17. The van der Waals surface area contributed by atoms with Gasteiger partial charge in [0.15, 0.2) is 0 Å². The Kier molecular flexibility index (Phi) is 6.58. The van der Waals surface area contributed by atoms with Crippen molar-refractivity contribution in [2.24, 2.45) is 5.92 Å². The molecular formula is C21H26ClN3O2. The second kappa shape index (κ2) is 9.11. The highest BCUT2D eigenvalue weighted by atomic mass is 35.5. The molecule has 1 heterocycles. The maximum absolute atomic E-state index is 12.2. The fraction of sp³-hybridized carbons (Fsp3) is 0.381. The molecule has 2 aromatic carbocycles. The second-order valence-corrected chi connectivity index (χ2v) is 7.49. The van der Waals surface area contributed by atoms with E-state index in [4.69, 9.17) is 16.3 Å². The Hall–Kier alpha value is -2.24. The zero-order valence-corrected chi connectivity index (χ0v) is 16.6. The van der Waals surface area contributed by atoms with Gasteiger partial charge < -0.3 is 15.4 Å². The van der Waals surface area contributed by atoms with Crippen LogP contribution in [-0.2, 0) is 6.54 Å². The number of likely N-dealkylation sites (tertiary alicyclic amines) is 1. The fourth-order valence-corrected chi connectivity index (χ4v) is 3.53. The zero-order valence-electron chi connectivity index (χ0n) is 15.8. The lowest BCUT2D eigenvalue weighted by atomic mass is 10.1. The first-order valence-electron chi connectivity index (χ1n) is 9.20. The number of amides is 2. The van der Waals surface area contributed by atoms with Gasteiger partial charge in [0.05, 0.1) is 12.8 Å². The Morgan fingerprint density at radius 2 is 2.04 bits per heavy atom. The highest BCUT2D eigenvalue weighted by molar-refractivity contribution is 6.31. The summed E-state index contributed by atoms with van der Waals surface area (Å²) in [5, 5.41) is 6.32. The van der Waals surface area contributed by atoms with Crippen molar-refractivity contribution in [1.82, 2.24) is 10.2 Å². The highest BCUT2D eigenvalue weighted by Gasteiger charge is 2.23. The fourth-order valence-electron chi connectivity index (χ4n) is 3.36. The predicted molar refractivity (Wildman–Crippen MR) is 110 cm³/mol. The van der Waals surface area contributed by atoms with Gasteiger partial charge in [-0.15, -0.1) is 0 Å². The number of hydrogen-bond donors (Lipinski definition) is 2. The normalized spacial score (nSPS) is 16.9. The van der Waals surface area contributed by atoms with Crippen LogP contribution in [0.4, 0.5) is 10.5 Å². The molecule has 1 aliphatic rings. The number of hydrogen-bond acceptors (Lipinski definition) is 3. The summed E-state index contributed by atoms with van der Waals surface area (Å²) < 4.78 is 5.25. The van der Waals surface area contributed by atoms with Crippen LogP contribution in [0.5, 0.6) is 5.75 Å². The first-order valence-corrected chi connectivity index (χ1v) is 9.57. The molecular weight excluding hydrogens is 362 g/mol. The van der Waals surface area contributed by atoms with Crippen molar-refractivity contribution >= 4 is 23.3 Å². The smallest absolute Gasteiger partial charge is 0.319 e. The van der Waals surface area contributed by atoms with E-state index in [1.807, 2.05) is 0 Å². The van der Waals surface area contributed by atoms with Crippen LogP contribution in [0.25, 0.3) is 0 Å². The molecule has 1 unspecified atom stereocenters. The summed E-state index contributed by atoms with van der Waals surface area (Å²) in [5.41, 5.74) is 3.18. The number of ether oxygens (including phenoxy) is 1. The van der Waals surface area contributed by atoms with Gasteiger partial charge in [0, 0.05) is 24.7 Å². The third-order valence-electron chi connectivity index (χ3n) is 4.86. The van der Waals surface area contributed by atoms with Crippen LogP contribution in [0.1, 0.15) is 17.5 Å². The molecule has 1 fully saturated rings. The minimum Gasteiger partial charge on any atom is -0.495 e. The van der Waals surface area contributed by atoms with E-state index in [0.717, 1.165) is 26.1 Å². The molecule has 0 radical (unpaired) electrons. The number of rotatable bonds is 6. The maximum Gasteiger partial charge on any atom is 0.319 e. The van der Waals surface area contributed by atoms with E-state index < -0.39 is 0 Å². The lowest BCUT2D eigenvalue weighted by Crippen LogP contribution is -2.34. The summed E-state index contributed by atoms with van der Waals surface area (Å²) in [6.45, 7) is 5.77. The average Bonchev–Trinajstić information content (AvgIpc) is 3.10. The first-order chi connectivity index (χ1) is 13.0. The molecule has 6 heteroatoms. The van der Waals surface area contributed by atoms with Gasteiger partial charge in [-0.25, -0.2) is 4.79 Å². The van der Waals surface area contributed by atoms with Crippen molar-refractivity contribution in [2.75, 3.05) is 32.1 Å². The lowest BCUT2D eigenvalue weighted by molar-refractivity contribution is 0.249. The van der Waals surface area contributed by atoms with E-state index in [1.165, 1.54) is 11.1 Å². The van der Waals surface area contributed by atoms with E-state index in [2.05, 4.69) is 46.7 Å². The molecule has 5 nitrogen and oxygen atoms in total. The minimum absolute atomic E-state index is 0.243. The number of nitrogens with one attached hydrogen (secondary N) is 2. The summed E-state index contributed by atoms with van der Waals surface area (Å²) >= 11 is 6.00. The molecule has 1 atom stereocenters. The Balaban J connectivity index is 1.44. The standard InChI is InChI=1S/C21H26ClN3O2/c1-15-3-5-16(6-4-15)13-25-10-9-17(14-25)12-23-21(26)24-19-11-18(22)7-8-20(19)27-2/h3-8,11,17H,9-10,12-14H2,1-2H3,(H2,23,24,26). The third kappa shape index (κ3) is 5.62. The summed E-state index contributed by atoms with van der Waals surface area (Å²) in [5.74, 6) is 1.04. The summed E-state index contributed by atoms with van der Waals surface area (Å²) in [4.78, 5) is 14.7. The molecule has 27 heavy (non-hydrogen) atoms. The number of carbonyl (C=O) groups is 1. The molecule has 2 aromatic rings. The summed E-state index contributed by atoms with van der Waals surface area (Å²) in [7, 11) is 1.56. The van der Waals surface area contributed by atoms with Gasteiger partial charge in [0.25, 0.3) is 0 Å². The van der Waals surface area contributed by atoms with E-state index >= 15 is 0 Å². The highest BCUT2D eigenvalue weighted by Crippen LogP contribution is 2.27. The SMILES string of the molecule is COc1ccc(Cl)cc1NC(=O)NCC1CCN(Cc2ccc(C)cc2)C1. The molecule has 1 aliphatic heterocycles. The Bertz CT molecular complexity index is 779. The number of halogens is 1. The van der Waals surface area contributed by atoms with Gasteiger partial charge in [-0.2, -0.15) is 0 Å². The average molecular weight is 388 g/mol. The quantitative estimate of drug-likeness (QED) is 0.776. The molecule has 3 rings (SSSR count). The molecule has 1 saturated heterocycles. The summed E-state index contributed by atoms with van der Waals surface area (Å²) in [6.07, 6.45) is 1.09. The Morgan fingerprint density at radius 3 is 2.78 bits per heavy atom. The van der Waals surface area contributed by atoms with Crippen molar-refractivity contribution in [3.63, 3.8) is 0 Å². The third-order valence-corrected chi connectivity index (χ3v) is 5.09. The molecule has 0 aromatic heterocycles. The van der Waals surface area contributed by atoms with Gasteiger partial charge in [-0.05, 0) is 49.6 Å². The van der Waals surface area contributed by atoms with Crippen molar-refractivity contribution in [3.05, 3.63) is 58.6 Å². The van der Waals surface area contributed by atoms with Gasteiger partial charge in [0.1, 0.15) is 5.75 Å². The van der Waals surface area contributed by atoms with Gasteiger partial charge in [0.2, 0.25) is 0 Å². The van der Waals surface area contributed by atoms with Crippen LogP contribution in [0.3, 0.4) is 0 Å². The number of aryl methyl sites for hydroxylation is 1. The van der Waals surface area contributed by atoms with E-state index in [-0.39, 0.29) is 6.03 Å².